The summed E-state index contributed by atoms with van der Waals surface area (Å²) in [6.45, 7) is 4.92. The third-order valence-corrected chi connectivity index (χ3v) is 4.67. The van der Waals surface area contributed by atoms with Gasteiger partial charge in [0.05, 0.1) is 6.54 Å². The smallest absolute Gasteiger partial charge is 0.137 e. The fraction of sp³-hybridized carbons (Fsp3) is 0.316. The van der Waals surface area contributed by atoms with Crippen LogP contribution in [0.5, 0.6) is 0 Å². The standard InChI is InChI=1S/C19H22N6/c1-23-9-11-24(12-10-23)19-18(3-2-8-21-19)17-6-4-16(5-7-17)13-25-15-20-14-22-25/h2-8,14-15H,9-13H2,1H3. The van der Waals surface area contributed by atoms with Crippen molar-refractivity contribution in [2.75, 3.05) is 38.1 Å². The molecule has 0 radical (unpaired) electrons. The Morgan fingerprint density at radius 3 is 2.52 bits per heavy atom. The fourth-order valence-corrected chi connectivity index (χ4v) is 3.18. The van der Waals surface area contributed by atoms with Crippen molar-refractivity contribution in [2.24, 2.45) is 0 Å². The van der Waals surface area contributed by atoms with E-state index in [4.69, 9.17) is 0 Å². The largest absolute Gasteiger partial charge is 0.354 e. The Balaban J connectivity index is 1.57. The van der Waals surface area contributed by atoms with Gasteiger partial charge in [-0.3, -0.25) is 0 Å². The van der Waals surface area contributed by atoms with Crippen LogP contribution in [0.2, 0.25) is 0 Å². The molecule has 3 heterocycles. The third kappa shape index (κ3) is 3.53. The van der Waals surface area contributed by atoms with E-state index in [-0.39, 0.29) is 0 Å². The number of hydrogen-bond acceptors (Lipinski definition) is 5. The molecule has 6 heteroatoms. The number of piperazine rings is 1. The maximum Gasteiger partial charge on any atom is 0.137 e. The van der Waals surface area contributed by atoms with E-state index >= 15 is 0 Å². The maximum absolute atomic E-state index is 4.67. The van der Waals surface area contributed by atoms with Crippen LogP contribution in [0, 0.1) is 0 Å². The van der Waals surface area contributed by atoms with Crippen molar-refractivity contribution in [1.82, 2.24) is 24.6 Å². The first-order valence-electron chi connectivity index (χ1n) is 8.60. The highest BCUT2D eigenvalue weighted by Crippen LogP contribution is 2.29. The molecule has 4 rings (SSSR count). The van der Waals surface area contributed by atoms with E-state index in [1.165, 1.54) is 16.7 Å². The van der Waals surface area contributed by atoms with Crippen LogP contribution in [0.15, 0.2) is 55.2 Å². The molecule has 0 saturated carbocycles. The van der Waals surface area contributed by atoms with E-state index in [2.05, 4.69) is 62.2 Å². The number of benzene rings is 1. The second-order valence-corrected chi connectivity index (χ2v) is 6.45. The molecule has 0 amide bonds. The van der Waals surface area contributed by atoms with E-state index in [1.807, 2.05) is 16.9 Å². The van der Waals surface area contributed by atoms with Crippen LogP contribution in [0.1, 0.15) is 5.56 Å². The molecule has 1 saturated heterocycles. The average molecular weight is 334 g/mol. The first-order valence-corrected chi connectivity index (χ1v) is 8.60. The van der Waals surface area contributed by atoms with Crippen molar-refractivity contribution in [3.05, 3.63) is 60.8 Å². The van der Waals surface area contributed by atoms with Crippen molar-refractivity contribution < 1.29 is 0 Å². The molecule has 0 unspecified atom stereocenters. The lowest BCUT2D eigenvalue weighted by molar-refractivity contribution is 0.312. The zero-order valence-corrected chi connectivity index (χ0v) is 14.4. The number of likely N-dealkylation sites (N-methyl/N-ethyl adjacent to an activating group) is 1. The van der Waals surface area contributed by atoms with Crippen molar-refractivity contribution in [2.45, 2.75) is 6.54 Å². The molecule has 1 aliphatic heterocycles. The fourth-order valence-electron chi connectivity index (χ4n) is 3.18. The van der Waals surface area contributed by atoms with E-state index in [0.717, 1.165) is 38.5 Å². The Morgan fingerprint density at radius 1 is 1.00 bits per heavy atom. The summed E-state index contributed by atoms with van der Waals surface area (Å²) < 4.78 is 1.83. The van der Waals surface area contributed by atoms with Gasteiger partial charge in [0.2, 0.25) is 0 Å². The Kier molecular flexibility index (Phi) is 4.43. The highest BCUT2D eigenvalue weighted by atomic mass is 15.3. The molecule has 0 atom stereocenters. The summed E-state index contributed by atoms with van der Waals surface area (Å²) in [5.41, 5.74) is 3.60. The van der Waals surface area contributed by atoms with E-state index in [1.54, 1.807) is 12.7 Å². The van der Waals surface area contributed by atoms with Gasteiger partial charge >= 0.3 is 0 Å². The zero-order chi connectivity index (χ0) is 17.1. The highest BCUT2D eigenvalue weighted by molar-refractivity contribution is 5.76. The van der Waals surface area contributed by atoms with Crippen molar-refractivity contribution in [1.29, 1.82) is 0 Å². The van der Waals surface area contributed by atoms with Crippen LogP contribution >= 0.6 is 0 Å². The summed E-state index contributed by atoms with van der Waals surface area (Å²) in [6.07, 6.45) is 5.18. The van der Waals surface area contributed by atoms with Crippen LogP contribution in [0.25, 0.3) is 11.1 Å². The van der Waals surface area contributed by atoms with Gasteiger partial charge in [0, 0.05) is 37.9 Å². The lowest BCUT2D eigenvalue weighted by atomic mass is 10.0. The molecule has 0 bridgehead atoms. The van der Waals surface area contributed by atoms with Crippen molar-refractivity contribution in [3.8, 4) is 11.1 Å². The molecule has 128 valence electrons. The van der Waals surface area contributed by atoms with E-state index in [0.29, 0.717) is 0 Å². The van der Waals surface area contributed by atoms with Gasteiger partial charge in [-0.25, -0.2) is 14.6 Å². The van der Waals surface area contributed by atoms with Crippen molar-refractivity contribution >= 4 is 5.82 Å². The summed E-state index contributed by atoms with van der Waals surface area (Å²) in [5.74, 6) is 1.08. The SMILES string of the molecule is CN1CCN(c2ncccc2-c2ccc(Cn3cncn3)cc2)CC1. The van der Waals surface area contributed by atoms with Gasteiger partial charge in [-0.15, -0.1) is 0 Å². The van der Waals surface area contributed by atoms with E-state index < -0.39 is 0 Å². The number of rotatable bonds is 4. The monoisotopic (exact) mass is 334 g/mol. The highest BCUT2D eigenvalue weighted by Gasteiger charge is 2.18. The van der Waals surface area contributed by atoms with Gasteiger partial charge < -0.3 is 9.80 Å². The molecular weight excluding hydrogens is 312 g/mol. The lowest BCUT2D eigenvalue weighted by Crippen LogP contribution is -2.45. The Hall–Kier alpha value is -2.73. The minimum Gasteiger partial charge on any atom is -0.354 e. The molecular formula is C19H22N6. The van der Waals surface area contributed by atoms with Gasteiger partial charge in [0.15, 0.2) is 0 Å². The molecule has 0 spiro atoms. The summed E-state index contributed by atoms with van der Waals surface area (Å²) in [6, 6.07) is 12.8. The minimum atomic E-state index is 0.735. The Labute approximate surface area is 147 Å². The zero-order valence-electron chi connectivity index (χ0n) is 14.4. The van der Waals surface area contributed by atoms with Gasteiger partial charge in [0.1, 0.15) is 18.5 Å². The number of pyridine rings is 1. The molecule has 0 N–H and O–H groups in total. The van der Waals surface area contributed by atoms with Gasteiger partial charge in [0.25, 0.3) is 0 Å². The van der Waals surface area contributed by atoms with Crippen molar-refractivity contribution in [3.63, 3.8) is 0 Å². The molecule has 1 fully saturated rings. The average Bonchev–Trinajstić information content (AvgIpc) is 3.16. The first-order chi connectivity index (χ1) is 12.3. The Bertz CT molecular complexity index is 804. The van der Waals surface area contributed by atoms with Crippen LogP contribution in [0.4, 0.5) is 5.82 Å². The number of hydrogen-bond donors (Lipinski definition) is 0. The first kappa shape index (κ1) is 15.8. The molecule has 25 heavy (non-hydrogen) atoms. The van der Waals surface area contributed by atoms with Gasteiger partial charge in [-0.05, 0) is 30.3 Å². The number of aromatic nitrogens is 4. The Morgan fingerprint density at radius 2 is 1.80 bits per heavy atom. The summed E-state index contributed by atoms with van der Waals surface area (Å²) in [4.78, 5) is 13.4. The summed E-state index contributed by atoms with van der Waals surface area (Å²) >= 11 is 0. The predicted octanol–water partition coefficient (Wildman–Crippen LogP) is 2.14. The molecule has 0 aliphatic carbocycles. The summed E-state index contributed by atoms with van der Waals surface area (Å²) in [7, 11) is 2.17. The maximum atomic E-state index is 4.67. The lowest BCUT2D eigenvalue weighted by Gasteiger charge is -2.34. The molecule has 1 aromatic carbocycles. The van der Waals surface area contributed by atoms with Gasteiger partial charge in [-0.1, -0.05) is 24.3 Å². The quantitative estimate of drug-likeness (QED) is 0.732. The van der Waals surface area contributed by atoms with Gasteiger partial charge in [-0.2, -0.15) is 5.10 Å². The predicted molar refractivity (Wildman–Crippen MR) is 98.5 cm³/mol. The van der Waals surface area contributed by atoms with Crippen LogP contribution in [-0.4, -0.2) is 57.9 Å². The van der Waals surface area contributed by atoms with Crippen LogP contribution < -0.4 is 4.90 Å². The second-order valence-electron chi connectivity index (χ2n) is 6.45. The molecule has 1 aliphatic rings. The molecule has 2 aromatic heterocycles. The second kappa shape index (κ2) is 7.03. The molecule has 6 nitrogen and oxygen atoms in total. The number of nitrogens with zero attached hydrogens (tertiary/aromatic N) is 6. The molecule has 3 aromatic rings. The third-order valence-electron chi connectivity index (χ3n) is 4.67. The van der Waals surface area contributed by atoms with E-state index in [9.17, 15) is 0 Å². The van der Waals surface area contributed by atoms with Crippen LogP contribution in [-0.2, 0) is 6.54 Å². The normalized spacial score (nSPS) is 15.5. The summed E-state index contributed by atoms with van der Waals surface area (Å²) in [5, 5.41) is 4.16. The topological polar surface area (TPSA) is 50.1 Å². The minimum absolute atomic E-state index is 0.735. The van der Waals surface area contributed by atoms with Crippen LogP contribution in [0.3, 0.4) is 0 Å². The number of anilines is 1.